The molecule has 0 aliphatic heterocycles. The quantitative estimate of drug-likeness (QED) is 0.748. The van der Waals surface area contributed by atoms with E-state index in [-0.39, 0.29) is 17.9 Å². The number of rotatable bonds is 3. The van der Waals surface area contributed by atoms with Gasteiger partial charge in [0, 0.05) is 12.1 Å². The zero-order valence-electron chi connectivity index (χ0n) is 7.60. The number of hydrogen-bond donors (Lipinski definition) is 2. The van der Waals surface area contributed by atoms with Crippen LogP contribution in [0, 0.1) is 5.82 Å². The van der Waals surface area contributed by atoms with Gasteiger partial charge in [-0.2, -0.15) is 0 Å². The van der Waals surface area contributed by atoms with E-state index in [4.69, 9.17) is 11.6 Å². The molecule has 3 nitrogen and oxygen atoms in total. The molecule has 14 heavy (non-hydrogen) atoms. The zero-order chi connectivity index (χ0) is 10.6. The van der Waals surface area contributed by atoms with Gasteiger partial charge in [0.15, 0.2) is 0 Å². The lowest BCUT2D eigenvalue weighted by molar-refractivity contribution is -0.121. The number of carbonyl (C=O) groups is 1. The molecule has 0 aromatic heterocycles. The van der Waals surface area contributed by atoms with Gasteiger partial charge in [-0.3, -0.25) is 10.2 Å². The van der Waals surface area contributed by atoms with Crippen molar-refractivity contribution in [3.8, 4) is 0 Å². The first-order valence-electron chi connectivity index (χ1n) is 4.03. The number of amides is 1. The summed E-state index contributed by atoms with van der Waals surface area (Å²) in [5.74, 6) is -0.741. The van der Waals surface area contributed by atoms with Gasteiger partial charge in [-0.15, -0.1) is 0 Å². The van der Waals surface area contributed by atoms with Crippen LogP contribution >= 0.6 is 11.6 Å². The Hall–Kier alpha value is -1.13. The second-order valence-corrected chi connectivity index (χ2v) is 3.15. The Morgan fingerprint density at radius 2 is 2.29 bits per heavy atom. The van der Waals surface area contributed by atoms with Crippen LogP contribution < -0.4 is 10.9 Å². The van der Waals surface area contributed by atoms with Crippen LogP contribution in [0.2, 0.25) is 5.02 Å². The molecule has 0 atom stereocenters. The first kappa shape index (κ1) is 10.9. The summed E-state index contributed by atoms with van der Waals surface area (Å²) in [5, 5.41) is 0.415. The molecule has 5 heteroatoms. The third kappa shape index (κ3) is 2.97. The van der Waals surface area contributed by atoms with Crippen molar-refractivity contribution in [3.05, 3.63) is 34.6 Å². The lowest BCUT2D eigenvalue weighted by Gasteiger charge is -2.04. The van der Waals surface area contributed by atoms with Crippen LogP contribution in [-0.2, 0) is 11.2 Å². The van der Waals surface area contributed by atoms with Crippen molar-refractivity contribution in [2.45, 2.75) is 6.42 Å². The molecular weight excluding hydrogens is 207 g/mol. The number of benzene rings is 1. The lowest BCUT2D eigenvalue weighted by Crippen LogP contribution is -2.35. The Bertz CT molecular complexity index is 344. The summed E-state index contributed by atoms with van der Waals surface area (Å²) in [6, 6.07) is 4.12. The van der Waals surface area contributed by atoms with E-state index < -0.39 is 5.82 Å². The number of hydrazine groups is 1. The molecule has 0 fully saturated rings. The highest BCUT2D eigenvalue weighted by atomic mass is 35.5. The van der Waals surface area contributed by atoms with Gasteiger partial charge in [0.1, 0.15) is 5.82 Å². The van der Waals surface area contributed by atoms with Gasteiger partial charge < -0.3 is 0 Å². The highest BCUT2D eigenvalue weighted by molar-refractivity contribution is 6.30. The largest absolute Gasteiger partial charge is 0.292 e. The first-order chi connectivity index (χ1) is 6.63. The maximum atomic E-state index is 13.1. The Morgan fingerprint density at radius 3 is 2.93 bits per heavy atom. The van der Waals surface area contributed by atoms with E-state index >= 15 is 0 Å². The third-order valence-electron chi connectivity index (χ3n) is 1.62. The number of nitrogens with one attached hydrogen (secondary N) is 2. The van der Waals surface area contributed by atoms with Crippen molar-refractivity contribution in [1.29, 1.82) is 0 Å². The molecule has 1 aromatic rings. The molecule has 0 unspecified atom stereocenters. The molecule has 1 aromatic carbocycles. The van der Waals surface area contributed by atoms with Crippen LogP contribution in [0.4, 0.5) is 4.39 Å². The molecule has 0 radical (unpaired) electrons. The van der Waals surface area contributed by atoms with E-state index in [0.717, 1.165) is 0 Å². The predicted molar refractivity (Wildman–Crippen MR) is 52.3 cm³/mol. The molecule has 0 heterocycles. The minimum absolute atomic E-state index is 0.0345. The van der Waals surface area contributed by atoms with E-state index in [9.17, 15) is 9.18 Å². The van der Waals surface area contributed by atoms with E-state index in [1.807, 2.05) is 0 Å². The van der Waals surface area contributed by atoms with Crippen LogP contribution in [0.5, 0.6) is 0 Å². The van der Waals surface area contributed by atoms with Gasteiger partial charge >= 0.3 is 0 Å². The number of carbonyl (C=O) groups excluding carboxylic acids is 1. The maximum absolute atomic E-state index is 13.1. The van der Waals surface area contributed by atoms with Crippen molar-refractivity contribution in [2.75, 3.05) is 7.05 Å². The molecule has 0 bridgehead atoms. The SMILES string of the molecule is CNNC(=O)Cc1cc(Cl)ccc1F. The molecule has 0 aliphatic rings. The Morgan fingerprint density at radius 1 is 1.57 bits per heavy atom. The first-order valence-corrected chi connectivity index (χ1v) is 4.41. The molecule has 1 amide bonds. The van der Waals surface area contributed by atoms with Crippen molar-refractivity contribution < 1.29 is 9.18 Å². The van der Waals surface area contributed by atoms with E-state index in [1.54, 1.807) is 7.05 Å². The summed E-state index contributed by atoms with van der Waals surface area (Å²) >= 11 is 5.66. The van der Waals surface area contributed by atoms with E-state index in [1.165, 1.54) is 18.2 Å². The molecule has 0 saturated heterocycles. The fourth-order valence-electron chi connectivity index (χ4n) is 1.04. The zero-order valence-corrected chi connectivity index (χ0v) is 8.36. The molecule has 0 spiro atoms. The third-order valence-corrected chi connectivity index (χ3v) is 1.86. The highest BCUT2D eigenvalue weighted by Gasteiger charge is 2.07. The average Bonchev–Trinajstić information content (AvgIpc) is 2.12. The second-order valence-electron chi connectivity index (χ2n) is 2.71. The topological polar surface area (TPSA) is 41.1 Å². The van der Waals surface area contributed by atoms with Crippen LogP contribution in [0.25, 0.3) is 0 Å². The normalized spacial score (nSPS) is 9.93. The van der Waals surface area contributed by atoms with Crippen LogP contribution in [-0.4, -0.2) is 13.0 Å². The van der Waals surface area contributed by atoms with Crippen LogP contribution in [0.3, 0.4) is 0 Å². The van der Waals surface area contributed by atoms with Crippen molar-refractivity contribution in [3.63, 3.8) is 0 Å². The van der Waals surface area contributed by atoms with Crippen LogP contribution in [0.1, 0.15) is 5.56 Å². The lowest BCUT2D eigenvalue weighted by atomic mass is 10.1. The monoisotopic (exact) mass is 216 g/mol. The molecule has 1 rings (SSSR count). The minimum atomic E-state index is -0.430. The molecule has 0 saturated carbocycles. The number of hydrogen-bond acceptors (Lipinski definition) is 2. The standard InChI is InChI=1S/C9H10ClFN2O/c1-12-13-9(14)5-6-4-7(10)2-3-8(6)11/h2-4,12H,5H2,1H3,(H,13,14). The van der Waals surface area contributed by atoms with Gasteiger partial charge in [-0.25, -0.2) is 9.82 Å². The molecular formula is C9H10ClFN2O. The summed E-state index contributed by atoms with van der Waals surface area (Å²) in [7, 11) is 1.56. The fourth-order valence-corrected chi connectivity index (χ4v) is 1.23. The van der Waals surface area contributed by atoms with Crippen LogP contribution in [0.15, 0.2) is 18.2 Å². The summed E-state index contributed by atoms with van der Waals surface area (Å²) < 4.78 is 13.1. The van der Waals surface area contributed by atoms with Gasteiger partial charge in [-0.05, 0) is 23.8 Å². The van der Waals surface area contributed by atoms with Gasteiger partial charge in [-0.1, -0.05) is 11.6 Å². The fraction of sp³-hybridized carbons (Fsp3) is 0.222. The summed E-state index contributed by atoms with van der Waals surface area (Å²) in [5.41, 5.74) is 5.09. The summed E-state index contributed by atoms with van der Waals surface area (Å²) in [6.45, 7) is 0. The average molecular weight is 217 g/mol. The van der Waals surface area contributed by atoms with Crippen molar-refractivity contribution >= 4 is 17.5 Å². The number of halogens is 2. The molecule has 0 aliphatic carbocycles. The summed E-state index contributed by atoms with van der Waals surface area (Å²) in [4.78, 5) is 11.1. The Kier molecular flexibility index (Phi) is 3.85. The second kappa shape index (κ2) is 4.93. The molecule has 76 valence electrons. The predicted octanol–water partition coefficient (Wildman–Crippen LogP) is 1.27. The van der Waals surface area contributed by atoms with Gasteiger partial charge in [0.2, 0.25) is 5.91 Å². The van der Waals surface area contributed by atoms with E-state index in [0.29, 0.717) is 5.02 Å². The van der Waals surface area contributed by atoms with Gasteiger partial charge in [0.25, 0.3) is 0 Å². The minimum Gasteiger partial charge on any atom is -0.292 e. The Labute approximate surface area is 86.2 Å². The summed E-state index contributed by atoms with van der Waals surface area (Å²) in [6.07, 6.45) is -0.0345. The van der Waals surface area contributed by atoms with E-state index in [2.05, 4.69) is 10.9 Å². The Balaban J connectivity index is 2.75. The maximum Gasteiger partial charge on any atom is 0.238 e. The smallest absolute Gasteiger partial charge is 0.238 e. The molecule has 2 N–H and O–H groups in total. The van der Waals surface area contributed by atoms with Gasteiger partial charge in [0.05, 0.1) is 6.42 Å². The highest BCUT2D eigenvalue weighted by Crippen LogP contribution is 2.15. The van der Waals surface area contributed by atoms with Crippen molar-refractivity contribution in [2.24, 2.45) is 0 Å². The van der Waals surface area contributed by atoms with Crippen molar-refractivity contribution in [1.82, 2.24) is 10.9 Å².